The first-order valence-electron chi connectivity index (χ1n) is 7.60. The fourth-order valence-corrected chi connectivity index (χ4v) is 3.10. The fourth-order valence-electron chi connectivity index (χ4n) is 3.10. The zero-order valence-electron chi connectivity index (χ0n) is 13.1. The summed E-state index contributed by atoms with van der Waals surface area (Å²) in [4.78, 5) is 0. The number of para-hydroxylation sites is 1. The quantitative estimate of drug-likeness (QED) is 0.821. The van der Waals surface area contributed by atoms with Gasteiger partial charge in [-0.3, -0.25) is 0 Å². The lowest BCUT2D eigenvalue weighted by Gasteiger charge is -2.54. The molecule has 0 spiro atoms. The minimum atomic E-state index is 0.218. The topological polar surface area (TPSA) is 30.5 Å². The number of benzene rings is 1. The average Bonchev–Trinajstić information content (AvgIpc) is 2.47. The Hall–Kier alpha value is -1.06. The molecule has 1 aliphatic carbocycles. The number of hydrogen-bond acceptors (Lipinski definition) is 3. The Labute approximate surface area is 122 Å². The molecule has 112 valence electrons. The molecule has 3 unspecified atom stereocenters. The summed E-state index contributed by atoms with van der Waals surface area (Å²) in [5, 5.41) is 3.70. The van der Waals surface area contributed by atoms with Gasteiger partial charge in [0, 0.05) is 36.4 Å². The van der Waals surface area contributed by atoms with Gasteiger partial charge in [0.25, 0.3) is 0 Å². The van der Waals surface area contributed by atoms with Crippen molar-refractivity contribution < 1.29 is 9.47 Å². The molecule has 1 aromatic carbocycles. The average molecular weight is 277 g/mol. The van der Waals surface area contributed by atoms with E-state index in [0.717, 1.165) is 19.4 Å². The molecule has 1 saturated carbocycles. The van der Waals surface area contributed by atoms with Gasteiger partial charge in [-0.25, -0.2) is 0 Å². The Morgan fingerprint density at radius 3 is 2.70 bits per heavy atom. The van der Waals surface area contributed by atoms with E-state index in [1.165, 1.54) is 11.3 Å². The van der Waals surface area contributed by atoms with Gasteiger partial charge in [-0.05, 0) is 25.8 Å². The summed E-state index contributed by atoms with van der Waals surface area (Å²) in [6, 6.07) is 8.86. The number of hydrogen-bond donors (Lipinski definition) is 1. The van der Waals surface area contributed by atoms with Crippen LogP contribution in [0.5, 0.6) is 0 Å². The summed E-state index contributed by atoms with van der Waals surface area (Å²) in [7, 11) is 1.74. The van der Waals surface area contributed by atoms with Gasteiger partial charge in [0.05, 0.1) is 12.7 Å². The first-order valence-corrected chi connectivity index (χ1v) is 7.60. The summed E-state index contributed by atoms with van der Waals surface area (Å²) in [5.41, 5.74) is 2.62. The van der Waals surface area contributed by atoms with Crippen LogP contribution in [0.4, 0.5) is 5.69 Å². The van der Waals surface area contributed by atoms with Crippen LogP contribution in [0.3, 0.4) is 0 Å². The monoisotopic (exact) mass is 277 g/mol. The van der Waals surface area contributed by atoms with Crippen molar-refractivity contribution in [2.75, 3.05) is 19.0 Å². The summed E-state index contributed by atoms with van der Waals surface area (Å²) in [6.07, 6.45) is 2.59. The van der Waals surface area contributed by atoms with Crippen molar-refractivity contribution in [1.29, 1.82) is 0 Å². The zero-order chi connectivity index (χ0) is 14.6. The van der Waals surface area contributed by atoms with E-state index in [4.69, 9.17) is 9.47 Å². The van der Waals surface area contributed by atoms with E-state index in [1.54, 1.807) is 7.11 Å². The minimum absolute atomic E-state index is 0.218. The summed E-state index contributed by atoms with van der Waals surface area (Å²) in [6.45, 7) is 8.10. The largest absolute Gasteiger partial charge is 0.381 e. The maximum atomic E-state index is 5.87. The van der Waals surface area contributed by atoms with E-state index >= 15 is 0 Å². The molecular formula is C17H27NO2. The highest BCUT2D eigenvalue weighted by molar-refractivity contribution is 5.52. The lowest BCUT2D eigenvalue weighted by molar-refractivity contribution is -0.109. The first kappa shape index (κ1) is 15.3. The van der Waals surface area contributed by atoms with Crippen LogP contribution in [0, 0.1) is 5.41 Å². The van der Waals surface area contributed by atoms with Crippen molar-refractivity contribution >= 4 is 5.69 Å². The Morgan fingerprint density at radius 1 is 1.30 bits per heavy atom. The van der Waals surface area contributed by atoms with Crippen molar-refractivity contribution in [3.63, 3.8) is 0 Å². The van der Waals surface area contributed by atoms with E-state index in [-0.39, 0.29) is 5.41 Å². The molecule has 1 N–H and O–H groups in total. The molecule has 3 atom stereocenters. The van der Waals surface area contributed by atoms with Crippen LogP contribution in [0.15, 0.2) is 24.3 Å². The lowest BCUT2D eigenvalue weighted by atomic mass is 9.61. The second-order valence-electron chi connectivity index (χ2n) is 5.83. The second-order valence-corrected chi connectivity index (χ2v) is 5.83. The van der Waals surface area contributed by atoms with E-state index in [2.05, 4.69) is 50.4 Å². The van der Waals surface area contributed by atoms with Gasteiger partial charge in [-0.1, -0.05) is 32.0 Å². The van der Waals surface area contributed by atoms with Crippen LogP contribution in [0.25, 0.3) is 0 Å². The van der Waals surface area contributed by atoms with Crippen molar-refractivity contribution in [2.24, 2.45) is 5.41 Å². The smallest absolute Gasteiger partial charge is 0.0733 e. The number of methoxy groups -OCH3 is 1. The number of nitrogens with one attached hydrogen (secondary N) is 1. The molecule has 0 radical (unpaired) electrons. The van der Waals surface area contributed by atoms with E-state index in [1.807, 2.05) is 0 Å². The molecule has 3 nitrogen and oxygen atoms in total. The molecule has 1 aromatic rings. The van der Waals surface area contributed by atoms with Crippen molar-refractivity contribution in [3.05, 3.63) is 29.8 Å². The van der Waals surface area contributed by atoms with Gasteiger partial charge in [0.1, 0.15) is 0 Å². The van der Waals surface area contributed by atoms with Crippen LogP contribution >= 0.6 is 0 Å². The molecule has 0 heterocycles. The lowest BCUT2D eigenvalue weighted by Crippen LogP contribution is -2.59. The molecule has 0 aliphatic heterocycles. The second kappa shape index (κ2) is 6.59. The third-order valence-electron chi connectivity index (χ3n) is 4.76. The van der Waals surface area contributed by atoms with Crippen LogP contribution in [0.1, 0.15) is 39.2 Å². The normalized spacial score (nSPS) is 29.0. The van der Waals surface area contributed by atoms with Gasteiger partial charge in [-0.15, -0.1) is 0 Å². The Kier molecular flexibility index (Phi) is 5.06. The SMILES string of the molecule is CCOC1CC(Nc2ccccc2COC)C1(C)CC. The predicted molar refractivity (Wildman–Crippen MR) is 83.0 cm³/mol. The van der Waals surface area contributed by atoms with Gasteiger partial charge >= 0.3 is 0 Å². The predicted octanol–water partition coefficient (Wildman–Crippen LogP) is 3.84. The summed E-state index contributed by atoms with van der Waals surface area (Å²) >= 11 is 0. The van der Waals surface area contributed by atoms with Gasteiger partial charge in [-0.2, -0.15) is 0 Å². The summed E-state index contributed by atoms with van der Waals surface area (Å²) < 4.78 is 11.1. The maximum Gasteiger partial charge on any atom is 0.0733 e. The van der Waals surface area contributed by atoms with E-state index in [0.29, 0.717) is 18.8 Å². The van der Waals surface area contributed by atoms with Crippen molar-refractivity contribution in [2.45, 2.75) is 52.4 Å². The van der Waals surface area contributed by atoms with Crippen molar-refractivity contribution in [1.82, 2.24) is 0 Å². The fraction of sp³-hybridized carbons (Fsp3) is 0.647. The molecule has 1 aliphatic rings. The van der Waals surface area contributed by atoms with Gasteiger partial charge < -0.3 is 14.8 Å². The highest BCUT2D eigenvalue weighted by Crippen LogP contribution is 2.47. The zero-order valence-corrected chi connectivity index (χ0v) is 13.1. The molecule has 20 heavy (non-hydrogen) atoms. The molecular weight excluding hydrogens is 250 g/mol. The minimum Gasteiger partial charge on any atom is -0.381 e. The molecule has 2 rings (SSSR count). The van der Waals surface area contributed by atoms with E-state index in [9.17, 15) is 0 Å². The third kappa shape index (κ3) is 2.84. The van der Waals surface area contributed by atoms with Gasteiger partial charge in [0.2, 0.25) is 0 Å². The summed E-state index contributed by atoms with van der Waals surface area (Å²) in [5.74, 6) is 0. The number of ether oxygens (including phenoxy) is 2. The highest BCUT2D eigenvalue weighted by Gasteiger charge is 2.51. The van der Waals surface area contributed by atoms with Gasteiger partial charge in [0.15, 0.2) is 0 Å². The number of anilines is 1. The molecule has 0 bridgehead atoms. The Morgan fingerprint density at radius 2 is 2.05 bits per heavy atom. The molecule has 0 saturated heterocycles. The van der Waals surface area contributed by atoms with Crippen LogP contribution in [0.2, 0.25) is 0 Å². The van der Waals surface area contributed by atoms with Crippen LogP contribution in [-0.2, 0) is 16.1 Å². The Balaban J connectivity index is 2.07. The maximum absolute atomic E-state index is 5.87. The van der Waals surface area contributed by atoms with Crippen molar-refractivity contribution in [3.8, 4) is 0 Å². The molecule has 3 heteroatoms. The number of rotatable bonds is 7. The highest BCUT2D eigenvalue weighted by atomic mass is 16.5. The standard InChI is InChI=1S/C17H27NO2/c1-5-17(3)15(11-16(17)20-6-2)18-14-10-8-7-9-13(14)12-19-4/h7-10,15-16,18H,5-6,11-12H2,1-4H3. The molecule has 0 aromatic heterocycles. The Bertz CT molecular complexity index is 435. The molecule has 0 amide bonds. The first-order chi connectivity index (χ1) is 9.65. The molecule has 1 fully saturated rings. The van der Waals surface area contributed by atoms with E-state index < -0.39 is 0 Å². The third-order valence-corrected chi connectivity index (χ3v) is 4.76. The van der Waals surface area contributed by atoms with Crippen LogP contribution in [-0.4, -0.2) is 25.9 Å². The van der Waals surface area contributed by atoms with Crippen LogP contribution < -0.4 is 5.32 Å².